The first-order chi connectivity index (χ1) is 12.2. The second kappa shape index (κ2) is 9.27. The van der Waals surface area contributed by atoms with Gasteiger partial charge in [-0.05, 0) is 35.8 Å². The number of benzene rings is 1. The molecule has 134 valence electrons. The van der Waals surface area contributed by atoms with Gasteiger partial charge in [0, 0.05) is 30.7 Å². The predicted octanol–water partition coefficient (Wildman–Crippen LogP) is 3.16. The zero-order valence-corrected chi connectivity index (χ0v) is 16.0. The summed E-state index contributed by atoms with van der Waals surface area (Å²) in [4.78, 5) is 5.12. The third-order valence-electron chi connectivity index (χ3n) is 4.60. The van der Waals surface area contributed by atoms with E-state index in [1.54, 1.807) is 28.4 Å². The lowest BCUT2D eigenvalue weighted by Crippen LogP contribution is -3.10. The normalized spacial score (nSPS) is 14.6. The van der Waals surface area contributed by atoms with E-state index in [1.807, 2.05) is 6.07 Å². The van der Waals surface area contributed by atoms with Crippen molar-refractivity contribution in [3.05, 3.63) is 52.5 Å². The molecule has 1 aromatic heterocycles. The minimum atomic E-state index is -0.276. The fraction of sp³-hybridized carbons (Fsp3) is 0.421. The van der Waals surface area contributed by atoms with Crippen LogP contribution in [0.5, 0.6) is 0 Å². The molecule has 2 N–H and O–H groups in total. The van der Waals surface area contributed by atoms with E-state index >= 15 is 0 Å². The van der Waals surface area contributed by atoms with Crippen LogP contribution in [0.25, 0.3) is 0 Å². The fourth-order valence-electron chi connectivity index (χ4n) is 3.24. The summed E-state index contributed by atoms with van der Waals surface area (Å²) in [5, 5.41) is 5.75. The van der Waals surface area contributed by atoms with Gasteiger partial charge in [-0.25, -0.2) is 4.39 Å². The Morgan fingerprint density at radius 2 is 2.00 bits per heavy atom. The lowest BCUT2D eigenvalue weighted by Gasteiger charge is -2.26. The highest BCUT2D eigenvalue weighted by molar-refractivity contribution is 7.80. The van der Waals surface area contributed by atoms with Crippen molar-refractivity contribution in [3.8, 4) is 0 Å². The molecule has 0 amide bonds. The van der Waals surface area contributed by atoms with Crippen LogP contribution in [0, 0.1) is 5.82 Å². The fourth-order valence-corrected chi connectivity index (χ4v) is 4.23. The molecular formula is C19H25FN3S2+. The van der Waals surface area contributed by atoms with E-state index in [0.29, 0.717) is 10.8 Å². The topological polar surface area (TPSA) is 19.7 Å². The van der Waals surface area contributed by atoms with Gasteiger partial charge in [0.25, 0.3) is 0 Å². The van der Waals surface area contributed by atoms with E-state index in [9.17, 15) is 4.39 Å². The number of hydrogen-bond acceptors (Lipinski definition) is 2. The predicted molar refractivity (Wildman–Crippen MR) is 107 cm³/mol. The Kier molecular flexibility index (Phi) is 6.78. The number of rotatable bonds is 7. The molecule has 3 rings (SSSR count). The Balaban J connectivity index is 1.60. The second-order valence-corrected chi connectivity index (χ2v) is 7.89. The van der Waals surface area contributed by atoms with Crippen LogP contribution in [0.15, 0.2) is 41.8 Å². The summed E-state index contributed by atoms with van der Waals surface area (Å²) in [6, 6.07) is 10.8. The first-order valence-electron chi connectivity index (χ1n) is 8.89. The zero-order chi connectivity index (χ0) is 17.5. The van der Waals surface area contributed by atoms with Gasteiger partial charge in [0.2, 0.25) is 0 Å². The van der Waals surface area contributed by atoms with Crippen molar-refractivity contribution in [1.82, 2.24) is 4.90 Å². The molecule has 0 bridgehead atoms. The van der Waals surface area contributed by atoms with Gasteiger partial charge in [-0.15, -0.1) is 11.3 Å². The average Bonchev–Trinajstić information content (AvgIpc) is 3.29. The Morgan fingerprint density at radius 3 is 2.72 bits per heavy atom. The van der Waals surface area contributed by atoms with Gasteiger partial charge in [-0.2, -0.15) is 0 Å². The summed E-state index contributed by atoms with van der Waals surface area (Å²) < 4.78 is 13.9. The maximum atomic E-state index is 13.9. The summed E-state index contributed by atoms with van der Waals surface area (Å²) >= 11 is 7.31. The largest absolute Gasteiger partial charge is 0.344 e. The molecule has 0 radical (unpaired) electrons. The van der Waals surface area contributed by atoms with Crippen LogP contribution in [0.4, 0.5) is 10.1 Å². The first-order valence-corrected chi connectivity index (χ1v) is 10.2. The van der Waals surface area contributed by atoms with Crippen molar-refractivity contribution in [3.63, 3.8) is 0 Å². The average molecular weight is 379 g/mol. The molecule has 1 saturated heterocycles. The molecule has 1 aliphatic rings. The molecule has 25 heavy (non-hydrogen) atoms. The number of thiocarbonyl (C=S) groups is 1. The molecular weight excluding hydrogens is 353 g/mol. The van der Waals surface area contributed by atoms with E-state index in [4.69, 9.17) is 12.2 Å². The van der Waals surface area contributed by atoms with Gasteiger partial charge < -0.3 is 15.1 Å². The van der Waals surface area contributed by atoms with Gasteiger partial charge in [-0.1, -0.05) is 18.2 Å². The Morgan fingerprint density at radius 1 is 1.20 bits per heavy atom. The van der Waals surface area contributed by atoms with E-state index in [2.05, 4.69) is 27.7 Å². The standard InChI is InChI=1S/C19H24FN3S2/c20-17-8-1-2-9-18(17)21-19(24)23(15-16-7-5-14-25-16)13-6-12-22-10-3-4-11-22/h1-2,5,7-9,14H,3-4,6,10-13,15H2,(H,21,24)/p+1. The lowest BCUT2D eigenvalue weighted by atomic mass is 10.3. The Bertz CT molecular complexity index is 669. The van der Waals surface area contributed by atoms with Gasteiger partial charge in [0.05, 0.1) is 31.9 Å². The molecule has 0 unspecified atom stereocenters. The van der Waals surface area contributed by atoms with Crippen LogP contribution in [-0.2, 0) is 6.54 Å². The number of thiophene rings is 1. The van der Waals surface area contributed by atoms with E-state index in [1.165, 1.54) is 43.4 Å². The van der Waals surface area contributed by atoms with Crippen LogP contribution >= 0.6 is 23.6 Å². The molecule has 2 heterocycles. The summed E-state index contributed by atoms with van der Waals surface area (Å²) in [5.41, 5.74) is 0.439. The number of nitrogens with one attached hydrogen (secondary N) is 2. The van der Waals surface area contributed by atoms with Gasteiger partial charge in [0.1, 0.15) is 5.82 Å². The first kappa shape index (κ1) is 18.3. The highest BCUT2D eigenvalue weighted by atomic mass is 32.1. The molecule has 0 saturated carbocycles. The maximum absolute atomic E-state index is 13.9. The van der Waals surface area contributed by atoms with Crippen molar-refractivity contribution in [2.75, 3.05) is 31.5 Å². The minimum absolute atomic E-state index is 0.276. The van der Waals surface area contributed by atoms with Crippen LogP contribution in [0.1, 0.15) is 24.1 Å². The molecule has 0 aliphatic carbocycles. The number of nitrogens with zero attached hydrogens (tertiary/aromatic N) is 1. The highest BCUT2D eigenvalue weighted by Crippen LogP contribution is 2.16. The van der Waals surface area contributed by atoms with Gasteiger partial charge >= 0.3 is 0 Å². The van der Waals surface area contributed by atoms with Crippen LogP contribution in [-0.4, -0.2) is 36.2 Å². The quantitative estimate of drug-likeness (QED) is 0.722. The summed E-state index contributed by atoms with van der Waals surface area (Å²) in [7, 11) is 0. The Hall–Kier alpha value is -1.50. The molecule has 0 spiro atoms. The van der Waals surface area contributed by atoms with Crippen LogP contribution in [0.2, 0.25) is 0 Å². The molecule has 1 aliphatic heterocycles. The van der Waals surface area contributed by atoms with Crippen molar-refractivity contribution in [1.29, 1.82) is 0 Å². The van der Waals surface area contributed by atoms with Gasteiger partial charge in [0.15, 0.2) is 5.11 Å². The number of hydrogen-bond donors (Lipinski definition) is 2. The molecule has 0 atom stereocenters. The molecule has 1 fully saturated rings. The molecule has 2 aromatic rings. The Labute approximate surface area is 158 Å². The number of likely N-dealkylation sites (tertiary alicyclic amines) is 1. The van der Waals surface area contributed by atoms with Crippen molar-refractivity contribution >= 4 is 34.4 Å². The summed E-state index contributed by atoms with van der Waals surface area (Å²) in [6.45, 7) is 5.43. The van der Waals surface area contributed by atoms with E-state index < -0.39 is 0 Å². The molecule has 3 nitrogen and oxygen atoms in total. The van der Waals surface area contributed by atoms with Crippen molar-refractivity contribution in [2.24, 2.45) is 0 Å². The summed E-state index contributed by atoms with van der Waals surface area (Å²) in [6.07, 6.45) is 3.79. The lowest BCUT2D eigenvalue weighted by molar-refractivity contribution is -0.887. The smallest absolute Gasteiger partial charge is 0.173 e. The van der Waals surface area contributed by atoms with Crippen LogP contribution < -0.4 is 10.2 Å². The minimum Gasteiger partial charge on any atom is -0.344 e. The maximum Gasteiger partial charge on any atom is 0.173 e. The highest BCUT2D eigenvalue weighted by Gasteiger charge is 2.17. The molecule has 1 aromatic carbocycles. The summed E-state index contributed by atoms with van der Waals surface area (Å²) in [5.74, 6) is -0.276. The number of para-hydroxylation sites is 1. The van der Waals surface area contributed by atoms with Gasteiger partial charge in [-0.3, -0.25) is 0 Å². The van der Waals surface area contributed by atoms with Crippen LogP contribution in [0.3, 0.4) is 0 Å². The van der Waals surface area contributed by atoms with E-state index in [0.717, 1.165) is 19.5 Å². The number of anilines is 1. The van der Waals surface area contributed by atoms with E-state index in [-0.39, 0.29) is 5.82 Å². The number of quaternary nitrogens is 1. The third-order valence-corrected chi connectivity index (χ3v) is 5.82. The zero-order valence-electron chi connectivity index (χ0n) is 14.3. The third kappa shape index (κ3) is 5.49. The second-order valence-electron chi connectivity index (χ2n) is 6.47. The number of halogens is 1. The van der Waals surface area contributed by atoms with Crippen molar-refractivity contribution < 1.29 is 9.29 Å². The monoisotopic (exact) mass is 378 g/mol. The molecule has 6 heteroatoms. The SMILES string of the molecule is Fc1ccccc1NC(=S)N(CCC[NH+]1CCCC1)Cc1cccs1. The van der Waals surface area contributed by atoms with Crippen molar-refractivity contribution in [2.45, 2.75) is 25.8 Å².